The molecule has 0 spiro atoms. The first-order chi connectivity index (χ1) is 4.66. The minimum atomic E-state index is -0.0397. The highest BCUT2D eigenvalue weighted by atomic mass is 32.1. The van der Waals surface area contributed by atoms with E-state index in [1.54, 1.807) is 5.01 Å². The first-order valence-corrected chi connectivity index (χ1v) is 3.50. The second-order valence-corrected chi connectivity index (χ2v) is 2.67. The third-order valence-corrected chi connectivity index (χ3v) is 2.18. The van der Waals surface area contributed by atoms with Gasteiger partial charge in [-0.25, -0.2) is 0 Å². The molecule has 1 rings (SSSR count). The zero-order valence-corrected chi connectivity index (χ0v) is 6.91. The first-order valence-electron chi connectivity index (χ1n) is 2.99. The molecule has 0 aromatic carbocycles. The van der Waals surface area contributed by atoms with E-state index in [4.69, 9.17) is 5.11 Å². The molecule has 1 aliphatic rings. The van der Waals surface area contributed by atoms with E-state index in [9.17, 15) is 0 Å². The summed E-state index contributed by atoms with van der Waals surface area (Å²) in [6.07, 6.45) is 0. The fourth-order valence-electron chi connectivity index (χ4n) is 0.831. The molecule has 0 amide bonds. The van der Waals surface area contributed by atoms with E-state index in [1.165, 1.54) is 0 Å². The van der Waals surface area contributed by atoms with Crippen LogP contribution in [-0.4, -0.2) is 47.1 Å². The highest BCUT2D eigenvalue weighted by Crippen LogP contribution is 2.14. The normalized spacial score (nSPS) is 25.6. The van der Waals surface area contributed by atoms with Crippen LogP contribution in [0.25, 0.3) is 0 Å². The number of hydrazone groups is 1. The van der Waals surface area contributed by atoms with Crippen molar-refractivity contribution < 1.29 is 5.11 Å². The Bertz CT molecular complexity index is 161. The predicted molar refractivity (Wildman–Crippen MR) is 42.8 cm³/mol. The van der Waals surface area contributed by atoms with Crippen molar-refractivity contribution in [3.63, 3.8) is 0 Å². The average molecular weight is 161 g/mol. The topological polar surface area (TPSA) is 39.1 Å². The molecule has 58 valence electrons. The Morgan fingerprint density at radius 1 is 1.70 bits per heavy atom. The molecule has 0 bridgehead atoms. The number of hydrogen-bond donors (Lipinski definition) is 2. The summed E-state index contributed by atoms with van der Waals surface area (Å²) < 4.78 is 0. The lowest BCUT2D eigenvalue weighted by molar-refractivity contribution is 0.264. The molecule has 1 heterocycles. The van der Waals surface area contributed by atoms with E-state index in [-0.39, 0.29) is 12.1 Å². The first kappa shape index (κ1) is 7.68. The second kappa shape index (κ2) is 2.67. The third kappa shape index (κ3) is 1.06. The number of hydrogen-bond acceptors (Lipinski definition) is 5. The zero-order valence-electron chi connectivity index (χ0n) is 6.02. The van der Waals surface area contributed by atoms with Gasteiger partial charge in [-0.1, -0.05) is 0 Å². The maximum Gasteiger partial charge on any atom is 0.163 e. The molecule has 10 heavy (non-hydrogen) atoms. The Hall–Kier alpha value is -0.420. The van der Waals surface area contributed by atoms with E-state index in [0.29, 0.717) is 5.84 Å². The molecule has 1 aliphatic heterocycles. The lowest BCUT2D eigenvalue weighted by Crippen LogP contribution is -2.34. The summed E-state index contributed by atoms with van der Waals surface area (Å²) >= 11 is 4.22. The maximum atomic E-state index is 8.74. The van der Waals surface area contributed by atoms with Gasteiger partial charge in [0.15, 0.2) is 11.3 Å². The fraction of sp³-hybridized carbons (Fsp3) is 0.800. The molecule has 0 aliphatic carbocycles. The van der Waals surface area contributed by atoms with Crippen molar-refractivity contribution in [1.29, 1.82) is 0 Å². The molecule has 1 unspecified atom stereocenters. The van der Waals surface area contributed by atoms with Crippen molar-refractivity contribution in [2.24, 2.45) is 5.10 Å². The molecular formula is C5H11N3OS. The van der Waals surface area contributed by atoms with E-state index in [1.807, 2.05) is 19.0 Å². The van der Waals surface area contributed by atoms with Gasteiger partial charge in [0.1, 0.15) is 6.61 Å². The third-order valence-electron chi connectivity index (χ3n) is 1.50. The van der Waals surface area contributed by atoms with Crippen molar-refractivity contribution in [3.05, 3.63) is 0 Å². The second-order valence-electron chi connectivity index (χ2n) is 2.21. The van der Waals surface area contributed by atoms with Crippen LogP contribution in [0.5, 0.6) is 0 Å². The van der Waals surface area contributed by atoms with Gasteiger partial charge in [-0.15, -0.1) is 12.6 Å². The van der Waals surface area contributed by atoms with Crippen molar-refractivity contribution in [2.75, 3.05) is 20.7 Å². The summed E-state index contributed by atoms with van der Waals surface area (Å²) in [5, 5.41) is 14.4. The summed E-state index contributed by atoms with van der Waals surface area (Å²) in [5.74, 6) is 0.655. The van der Waals surface area contributed by atoms with Gasteiger partial charge in [0.05, 0.1) is 0 Å². The van der Waals surface area contributed by atoms with Crippen molar-refractivity contribution in [2.45, 2.75) is 5.50 Å². The summed E-state index contributed by atoms with van der Waals surface area (Å²) in [5.41, 5.74) is -0.0397. The number of amidine groups is 1. The van der Waals surface area contributed by atoms with E-state index >= 15 is 0 Å². The standard InChI is InChI=1S/C5H11N3OS/c1-7-4(3-9)6-8(2)5(7)10/h5,9-10H,3H2,1-2H3. The quantitative estimate of drug-likeness (QED) is 0.504. The molecule has 4 nitrogen and oxygen atoms in total. The Kier molecular flexibility index (Phi) is 2.05. The number of likely N-dealkylation sites (N-methyl/N-ethyl adjacent to an activating group) is 1. The van der Waals surface area contributed by atoms with Crippen LogP contribution in [0.4, 0.5) is 0 Å². The summed E-state index contributed by atoms with van der Waals surface area (Å²) in [6.45, 7) is -0.0299. The molecule has 0 saturated heterocycles. The van der Waals surface area contributed by atoms with Crippen LogP contribution in [0.15, 0.2) is 5.10 Å². The minimum Gasteiger partial charge on any atom is -0.388 e. The van der Waals surface area contributed by atoms with Crippen molar-refractivity contribution in [3.8, 4) is 0 Å². The number of aliphatic hydroxyl groups is 1. The molecule has 1 N–H and O–H groups in total. The molecule has 0 aromatic heterocycles. The Morgan fingerprint density at radius 3 is 2.50 bits per heavy atom. The Labute approximate surface area is 65.5 Å². The summed E-state index contributed by atoms with van der Waals surface area (Å²) in [7, 11) is 3.66. The van der Waals surface area contributed by atoms with Crippen LogP contribution < -0.4 is 0 Å². The van der Waals surface area contributed by atoms with E-state index < -0.39 is 0 Å². The van der Waals surface area contributed by atoms with Crippen molar-refractivity contribution >= 4 is 18.5 Å². The lowest BCUT2D eigenvalue weighted by Gasteiger charge is -2.20. The molecule has 0 saturated carbocycles. The van der Waals surface area contributed by atoms with Gasteiger partial charge in [-0.05, 0) is 0 Å². The summed E-state index contributed by atoms with van der Waals surface area (Å²) in [4.78, 5) is 1.81. The lowest BCUT2D eigenvalue weighted by atomic mass is 10.6. The van der Waals surface area contributed by atoms with Gasteiger partial charge in [0.25, 0.3) is 0 Å². The Morgan fingerprint density at radius 2 is 2.30 bits per heavy atom. The highest BCUT2D eigenvalue weighted by Gasteiger charge is 2.24. The molecule has 0 aromatic rings. The van der Waals surface area contributed by atoms with Crippen LogP contribution in [0.2, 0.25) is 0 Å². The van der Waals surface area contributed by atoms with Crippen LogP contribution in [0.1, 0.15) is 0 Å². The smallest absolute Gasteiger partial charge is 0.163 e. The van der Waals surface area contributed by atoms with Gasteiger partial charge in [-0.2, -0.15) is 5.10 Å². The monoisotopic (exact) mass is 161 g/mol. The van der Waals surface area contributed by atoms with Crippen LogP contribution in [-0.2, 0) is 0 Å². The van der Waals surface area contributed by atoms with Gasteiger partial charge >= 0.3 is 0 Å². The van der Waals surface area contributed by atoms with Crippen LogP contribution in [0, 0.1) is 0 Å². The van der Waals surface area contributed by atoms with E-state index in [0.717, 1.165) is 0 Å². The van der Waals surface area contributed by atoms with Gasteiger partial charge in [-0.3, -0.25) is 5.01 Å². The average Bonchev–Trinajstić information content (AvgIpc) is 2.17. The largest absolute Gasteiger partial charge is 0.388 e. The number of aliphatic hydroxyl groups excluding tert-OH is 1. The van der Waals surface area contributed by atoms with Crippen molar-refractivity contribution in [1.82, 2.24) is 9.91 Å². The SMILES string of the molecule is CN1N=C(CO)N(C)C1S. The maximum absolute atomic E-state index is 8.74. The number of nitrogens with zero attached hydrogens (tertiary/aromatic N) is 3. The van der Waals surface area contributed by atoms with Crippen LogP contribution in [0.3, 0.4) is 0 Å². The van der Waals surface area contributed by atoms with Gasteiger partial charge in [0.2, 0.25) is 0 Å². The molecule has 5 heteroatoms. The highest BCUT2D eigenvalue weighted by molar-refractivity contribution is 7.80. The Balaban J connectivity index is 2.68. The van der Waals surface area contributed by atoms with E-state index in [2.05, 4.69) is 17.7 Å². The number of thiol groups is 1. The molecular weight excluding hydrogens is 150 g/mol. The summed E-state index contributed by atoms with van der Waals surface area (Å²) in [6, 6.07) is 0. The number of rotatable bonds is 1. The zero-order chi connectivity index (χ0) is 7.72. The van der Waals surface area contributed by atoms with Gasteiger partial charge < -0.3 is 10.0 Å². The molecule has 0 fully saturated rings. The minimum absolute atomic E-state index is 0.0299. The van der Waals surface area contributed by atoms with Gasteiger partial charge in [0, 0.05) is 14.1 Å². The fourth-order valence-corrected chi connectivity index (χ4v) is 1.02. The molecule has 0 radical (unpaired) electrons. The molecule has 1 atom stereocenters. The predicted octanol–water partition coefficient (Wildman–Crippen LogP) is -0.617. The van der Waals surface area contributed by atoms with Crippen LogP contribution >= 0.6 is 12.6 Å².